The van der Waals surface area contributed by atoms with Crippen LogP contribution in [0.2, 0.25) is 0 Å². The van der Waals surface area contributed by atoms with Gasteiger partial charge >= 0.3 is 0 Å². The number of hydrogen-bond acceptors (Lipinski definition) is 1. The van der Waals surface area contributed by atoms with Crippen molar-refractivity contribution in [3.63, 3.8) is 0 Å². The highest BCUT2D eigenvalue weighted by molar-refractivity contribution is 7.86. The van der Waals surface area contributed by atoms with Crippen molar-refractivity contribution in [1.29, 1.82) is 0 Å². The van der Waals surface area contributed by atoms with Crippen LogP contribution in [-0.4, -0.2) is 10.3 Å². The molecule has 0 amide bonds. The molecular formula is C21H29NOS. The van der Waals surface area contributed by atoms with Crippen molar-refractivity contribution in [3.8, 4) is 0 Å². The highest BCUT2D eigenvalue weighted by Crippen LogP contribution is 2.29. The number of anilines is 1. The Morgan fingerprint density at radius 2 is 1.58 bits per heavy atom. The van der Waals surface area contributed by atoms with Gasteiger partial charge < -0.3 is 0 Å². The number of hydrogen-bond donors (Lipinski definition) is 0. The fourth-order valence-corrected chi connectivity index (χ4v) is 4.19. The quantitative estimate of drug-likeness (QED) is 0.631. The fourth-order valence-electron chi connectivity index (χ4n) is 2.76. The average Bonchev–Trinajstić information content (AvgIpc) is 2.62. The van der Waals surface area contributed by atoms with Crippen LogP contribution in [0.3, 0.4) is 0 Å². The van der Waals surface area contributed by atoms with Crippen LogP contribution >= 0.6 is 0 Å². The van der Waals surface area contributed by atoms with E-state index in [0.717, 1.165) is 23.4 Å². The molecule has 0 heterocycles. The molecule has 2 unspecified atom stereocenters. The summed E-state index contributed by atoms with van der Waals surface area (Å²) in [5, 5.41) is 0. The summed E-state index contributed by atoms with van der Waals surface area (Å²) < 4.78 is 15.4. The minimum atomic E-state index is -1.20. The second-order valence-corrected chi connectivity index (χ2v) is 7.90. The maximum Gasteiger partial charge on any atom is 0.153 e. The van der Waals surface area contributed by atoms with Gasteiger partial charge in [0.2, 0.25) is 0 Å². The molecule has 24 heavy (non-hydrogen) atoms. The molecule has 2 aromatic carbocycles. The summed E-state index contributed by atoms with van der Waals surface area (Å²) in [6.07, 6.45) is 1.89. The molecule has 2 rings (SSSR count). The van der Waals surface area contributed by atoms with Gasteiger partial charge in [-0.3, -0.25) is 4.31 Å². The van der Waals surface area contributed by atoms with E-state index in [1.165, 1.54) is 11.1 Å². The molecule has 0 radical (unpaired) electrons. The van der Waals surface area contributed by atoms with Crippen molar-refractivity contribution in [2.45, 2.75) is 64.3 Å². The molecule has 0 spiro atoms. The highest BCUT2D eigenvalue weighted by Gasteiger charge is 2.23. The van der Waals surface area contributed by atoms with Gasteiger partial charge in [0.15, 0.2) is 11.0 Å². The summed E-state index contributed by atoms with van der Waals surface area (Å²) in [5.41, 5.74) is 3.60. The minimum Gasteiger partial charge on any atom is -0.285 e. The van der Waals surface area contributed by atoms with E-state index in [0.29, 0.717) is 5.92 Å². The van der Waals surface area contributed by atoms with E-state index < -0.39 is 11.0 Å². The van der Waals surface area contributed by atoms with Crippen molar-refractivity contribution in [2.24, 2.45) is 0 Å². The van der Waals surface area contributed by atoms with Crippen LogP contribution in [0, 0.1) is 0 Å². The standard InChI is InChI=1S/C21H29NOS/c1-6-17(5)22(21-11-9-8-10-18(21)7-2)24(23)20-14-12-19(13-15-20)16(3)4/h8-17H,6-7H2,1-5H3. The van der Waals surface area contributed by atoms with Gasteiger partial charge in [0, 0.05) is 6.04 Å². The Morgan fingerprint density at radius 3 is 2.12 bits per heavy atom. The Morgan fingerprint density at radius 1 is 0.958 bits per heavy atom. The van der Waals surface area contributed by atoms with Crippen LogP contribution in [0.25, 0.3) is 0 Å². The largest absolute Gasteiger partial charge is 0.285 e. The molecule has 130 valence electrons. The van der Waals surface area contributed by atoms with Crippen molar-refractivity contribution in [3.05, 3.63) is 59.7 Å². The predicted octanol–water partition coefficient (Wildman–Crippen LogP) is 5.70. The summed E-state index contributed by atoms with van der Waals surface area (Å²) >= 11 is 0. The average molecular weight is 344 g/mol. The van der Waals surface area contributed by atoms with Crippen molar-refractivity contribution >= 4 is 16.7 Å². The molecular weight excluding hydrogens is 314 g/mol. The van der Waals surface area contributed by atoms with E-state index in [4.69, 9.17) is 0 Å². The van der Waals surface area contributed by atoms with Crippen LogP contribution in [0.15, 0.2) is 53.4 Å². The second kappa shape index (κ2) is 8.48. The van der Waals surface area contributed by atoms with Crippen molar-refractivity contribution in [2.75, 3.05) is 4.31 Å². The summed E-state index contributed by atoms with van der Waals surface area (Å²) in [7, 11) is -1.20. The normalized spacial score (nSPS) is 13.8. The van der Waals surface area contributed by atoms with Gasteiger partial charge in [0.25, 0.3) is 0 Å². The topological polar surface area (TPSA) is 20.3 Å². The Hall–Kier alpha value is -1.61. The molecule has 0 aliphatic carbocycles. The molecule has 0 fully saturated rings. The third kappa shape index (κ3) is 4.07. The van der Waals surface area contributed by atoms with Crippen LogP contribution in [0.1, 0.15) is 58.1 Å². The molecule has 3 heteroatoms. The Bertz CT molecular complexity index is 678. The zero-order chi connectivity index (χ0) is 17.7. The van der Waals surface area contributed by atoms with Crippen LogP contribution < -0.4 is 4.31 Å². The lowest BCUT2D eigenvalue weighted by molar-refractivity contribution is 0.655. The third-order valence-electron chi connectivity index (χ3n) is 4.53. The van der Waals surface area contributed by atoms with Crippen molar-refractivity contribution < 1.29 is 4.21 Å². The molecule has 2 atom stereocenters. The first kappa shape index (κ1) is 18.7. The zero-order valence-electron chi connectivity index (χ0n) is 15.5. The summed E-state index contributed by atoms with van der Waals surface area (Å²) in [6.45, 7) is 10.8. The predicted molar refractivity (Wildman–Crippen MR) is 105 cm³/mol. The van der Waals surface area contributed by atoms with Gasteiger partial charge in [-0.2, -0.15) is 0 Å². The Balaban J connectivity index is 2.42. The van der Waals surface area contributed by atoms with Gasteiger partial charge in [-0.05, 0) is 55.0 Å². The van der Waals surface area contributed by atoms with E-state index in [1.807, 2.05) is 18.2 Å². The lowest BCUT2D eigenvalue weighted by atomic mass is 10.0. The maximum atomic E-state index is 13.3. The van der Waals surface area contributed by atoms with Gasteiger partial charge in [0.05, 0.1) is 10.6 Å². The first-order chi connectivity index (χ1) is 11.5. The number of aryl methyl sites for hydroxylation is 1. The number of rotatable bonds is 7. The third-order valence-corrected chi connectivity index (χ3v) is 6.12. The van der Waals surface area contributed by atoms with Crippen LogP contribution in [-0.2, 0) is 17.4 Å². The van der Waals surface area contributed by atoms with Gasteiger partial charge in [-0.15, -0.1) is 0 Å². The lowest BCUT2D eigenvalue weighted by Gasteiger charge is -2.31. The lowest BCUT2D eigenvalue weighted by Crippen LogP contribution is -2.35. The van der Waals surface area contributed by atoms with E-state index in [9.17, 15) is 4.21 Å². The summed E-state index contributed by atoms with van der Waals surface area (Å²) in [5.74, 6) is 0.485. The first-order valence-electron chi connectivity index (χ1n) is 8.88. The van der Waals surface area contributed by atoms with E-state index >= 15 is 0 Å². The molecule has 0 saturated carbocycles. The van der Waals surface area contributed by atoms with Crippen LogP contribution in [0.5, 0.6) is 0 Å². The molecule has 0 saturated heterocycles. The Kier molecular flexibility index (Phi) is 6.61. The van der Waals surface area contributed by atoms with E-state index in [-0.39, 0.29) is 6.04 Å². The zero-order valence-corrected chi connectivity index (χ0v) is 16.3. The molecule has 2 aromatic rings. The molecule has 0 N–H and O–H groups in total. The van der Waals surface area contributed by atoms with Crippen molar-refractivity contribution in [1.82, 2.24) is 0 Å². The fraction of sp³-hybridized carbons (Fsp3) is 0.429. The summed E-state index contributed by atoms with van der Waals surface area (Å²) in [4.78, 5) is 0.866. The highest BCUT2D eigenvalue weighted by atomic mass is 32.2. The van der Waals surface area contributed by atoms with Gasteiger partial charge in [0.1, 0.15) is 0 Å². The Labute approximate surface area is 149 Å². The SMILES string of the molecule is CCc1ccccc1N(C(C)CC)S(=O)c1ccc(C(C)C)cc1. The molecule has 0 bridgehead atoms. The summed E-state index contributed by atoms with van der Waals surface area (Å²) in [6, 6.07) is 16.7. The maximum absolute atomic E-state index is 13.3. The van der Waals surface area contributed by atoms with E-state index in [1.54, 1.807) is 0 Å². The molecule has 0 aromatic heterocycles. The van der Waals surface area contributed by atoms with E-state index in [2.05, 4.69) is 69.3 Å². The van der Waals surface area contributed by atoms with Crippen LogP contribution in [0.4, 0.5) is 5.69 Å². The molecule has 2 nitrogen and oxygen atoms in total. The van der Waals surface area contributed by atoms with Gasteiger partial charge in [-0.1, -0.05) is 58.0 Å². The monoisotopic (exact) mass is 343 g/mol. The smallest absolute Gasteiger partial charge is 0.153 e. The number of nitrogens with zero attached hydrogens (tertiary/aromatic N) is 1. The minimum absolute atomic E-state index is 0.211. The molecule has 0 aliphatic rings. The molecule has 0 aliphatic heterocycles. The first-order valence-corrected chi connectivity index (χ1v) is 9.99. The number of benzene rings is 2. The number of para-hydroxylation sites is 1. The van der Waals surface area contributed by atoms with Gasteiger partial charge in [-0.25, -0.2) is 4.21 Å². The second-order valence-electron chi connectivity index (χ2n) is 6.54.